The second kappa shape index (κ2) is 5.82. The Labute approximate surface area is 75.6 Å². The van der Waals surface area contributed by atoms with Gasteiger partial charge in [0, 0.05) is 5.57 Å². The third kappa shape index (κ3) is 5.49. The van der Waals surface area contributed by atoms with Crippen molar-refractivity contribution in [1.29, 1.82) is 0 Å². The predicted molar refractivity (Wildman–Crippen MR) is 43.5 cm³/mol. The molecule has 5 nitrogen and oxygen atoms in total. The summed E-state index contributed by atoms with van der Waals surface area (Å²) < 4.78 is 12.9. The van der Waals surface area contributed by atoms with Gasteiger partial charge in [-0.2, -0.15) is 0 Å². The fourth-order valence-corrected chi connectivity index (χ4v) is 0.356. The van der Waals surface area contributed by atoms with Gasteiger partial charge in [-0.1, -0.05) is 13.2 Å². The first-order chi connectivity index (χ1) is 6.07. The van der Waals surface area contributed by atoms with Crippen LogP contribution in [0.15, 0.2) is 25.0 Å². The molecule has 0 aromatic rings. The Kier molecular flexibility index (Phi) is 5.02. The smallest absolute Gasteiger partial charge is 0.424 e. The van der Waals surface area contributed by atoms with E-state index in [0.717, 1.165) is 6.26 Å². The molecule has 0 aromatic heterocycles. The van der Waals surface area contributed by atoms with Crippen molar-refractivity contribution in [2.24, 2.45) is 0 Å². The summed E-state index contributed by atoms with van der Waals surface area (Å²) in [6.45, 7) is 7.43. The molecule has 0 rings (SSSR count). The normalized spacial score (nSPS) is 8.38. The third-order valence-corrected chi connectivity index (χ3v) is 0.895. The molecule has 0 aliphatic rings. The fourth-order valence-electron chi connectivity index (χ4n) is 0.356. The van der Waals surface area contributed by atoms with Gasteiger partial charge in [-0.05, 0) is 6.92 Å². The highest BCUT2D eigenvalue weighted by atomic mass is 16.8. The summed E-state index contributed by atoms with van der Waals surface area (Å²) in [4.78, 5) is 21.2. The van der Waals surface area contributed by atoms with Gasteiger partial charge in [0.05, 0.1) is 6.26 Å². The minimum atomic E-state index is -0.982. The standard InChI is InChI=1S/C8H10O5/c1-4-11-8(10)13-5-12-7(9)6(2)3/h4H,1-2,5H2,3H3. The van der Waals surface area contributed by atoms with E-state index in [4.69, 9.17) is 0 Å². The number of hydrogen-bond donors (Lipinski definition) is 0. The Morgan fingerprint density at radius 2 is 2.00 bits per heavy atom. The number of carbonyl (C=O) groups is 2. The maximum Gasteiger partial charge on any atom is 0.516 e. The minimum absolute atomic E-state index is 0.223. The Morgan fingerprint density at radius 3 is 2.46 bits per heavy atom. The van der Waals surface area contributed by atoms with Crippen LogP contribution >= 0.6 is 0 Å². The number of carbonyl (C=O) groups excluding carboxylic acids is 2. The monoisotopic (exact) mass is 186 g/mol. The van der Waals surface area contributed by atoms with Crippen LogP contribution in [-0.4, -0.2) is 18.9 Å². The van der Waals surface area contributed by atoms with Crippen molar-refractivity contribution >= 4 is 12.1 Å². The number of rotatable bonds is 4. The molecule has 0 radical (unpaired) electrons. The van der Waals surface area contributed by atoms with Gasteiger partial charge in [-0.25, -0.2) is 9.59 Å². The van der Waals surface area contributed by atoms with E-state index in [1.807, 2.05) is 0 Å². The summed E-state index contributed by atoms with van der Waals surface area (Å²) in [5.74, 6) is -0.633. The van der Waals surface area contributed by atoms with Crippen LogP contribution in [0, 0.1) is 0 Å². The highest BCUT2D eigenvalue weighted by Crippen LogP contribution is 1.93. The largest absolute Gasteiger partial charge is 0.516 e. The van der Waals surface area contributed by atoms with E-state index in [9.17, 15) is 9.59 Å². The van der Waals surface area contributed by atoms with Crippen molar-refractivity contribution in [3.05, 3.63) is 25.0 Å². The molecule has 5 heteroatoms. The highest BCUT2D eigenvalue weighted by Gasteiger charge is 2.05. The van der Waals surface area contributed by atoms with Crippen LogP contribution in [0.25, 0.3) is 0 Å². The van der Waals surface area contributed by atoms with Gasteiger partial charge in [-0.3, -0.25) is 0 Å². The number of esters is 1. The summed E-state index contributed by atoms with van der Waals surface area (Å²) in [5.41, 5.74) is 0.223. The first-order valence-corrected chi connectivity index (χ1v) is 3.35. The van der Waals surface area contributed by atoms with Crippen molar-refractivity contribution in [3.63, 3.8) is 0 Å². The van der Waals surface area contributed by atoms with Gasteiger partial charge in [0.15, 0.2) is 0 Å². The average molecular weight is 186 g/mol. The van der Waals surface area contributed by atoms with Gasteiger partial charge in [0.1, 0.15) is 0 Å². The summed E-state index contributed by atoms with van der Waals surface area (Å²) in [6.07, 6.45) is -0.0763. The Balaban J connectivity index is 3.56. The molecule has 0 amide bonds. The van der Waals surface area contributed by atoms with E-state index >= 15 is 0 Å². The minimum Gasteiger partial charge on any atom is -0.424 e. The first kappa shape index (κ1) is 11.2. The summed E-state index contributed by atoms with van der Waals surface area (Å²) in [6, 6.07) is 0. The van der Waals surface area contributed by atoms with E-state index in [1.165, 1.54) is 6.92 Å². The predicted octanol–water partition coefficient (Wildman–Crippen LogP) is 1.36. The molecule has 0 heterocycles. The topological polar surface area (TPSA) is 61.8 Å². The van der Waals surface area contributed by atoms with Crippen LogP contribution in [0.5, 0.6) is 0 Å². The molecule has 0 atom stereocenters. The van der Waals surface area contributed by atoms with Crippen LogP contribution in [0.3, 0.4) is 0 Å². The van der Waals surface area contributed by atoms with Crippen LogP contribution in [-0.2, 0) is 19.0 Å². The van der Waals surface area contributed by atoms with E-state index < -0.39 is 18.9 Å². The van der Waals surface area contributed by atoms with Crippen LogP contribution in [0.4, 0.5) is 4.79 Å². The molecule has 0 fully saturated rings. The molecular formula is C8H10O5. The fraction of sp³-hybridized carbons (Fsp3) is 0.250. The van der Waals surface area contributed by atoms with Crippen LogP contribution in [0.2, 0.25) is 0 Å². The molecule has 0 aliphatic carbocycles. The second-order valence-corrected chi connectivity index (χ2v) is 2.01. The number of hydrogen-bond acceptors (Lipinski definition) is 5. The molecule has 0 aromatic carbocycles. The first-order valence-electron chi connectivity index (χ1n) is 3.35. The van der Waals surface area contributed by atoms with Gasteiger partial charge >= 0.3 is 12.1 Å². The van der Waals surface area contributed by atoms with Crippen LogP contribution < -0.4 is 0 Å². The number of ether oxygens (including phenoxy) is 3. The molecule has 0 bridgehead atoms. The Bertz CT molecular complexity index is 231. The molecule has 0 unspecified atom stereocenters. The van der Waals surface area contributed by atoms with Gasteiger partial charge in [-0.15, -0.1) is 0 Å². The Morgan fingerprint density at radius 1 is 1.38 bits per heavy atom. The van der Waals surface area contributed by atoms with E-state index in [2.05, 4.69) is 27.4 Å². The lowest BCUT2D eigenvalue weighted by Crippen LogP contribution is -2.12. The maximum absolute atomic E-state index is 10.7. The second-order valence-electron chi connectivity index (χ2n) is 2.01. The lowest BCUT2D eigenvalue weighted by atomic mass is 10.4. The molecule has 0 saturated heterocycles. The molecule has 13 heavy (non-hydrogen) atoms. The third-order valence-electron chi connectivity index (χ3n) is 0.895. The summed E-state index contributed by atoms with van der Waals surface area (Å²) >= 11 is 0. The zero-order chi connectivity index (χ0) is 10.3. The van der Waals surface area contributed by atoms with Crippen molar-refractivity contribution in [1.82, 2.24) is 0 Å². The zero-order valence-corrected chi connectivity index (χ0v) is 7.24. The molecule has 72 valence electrons. The lowest BCUT2D eigenvalue weighted by Gasteiger charge is -2.03. The van der Waals surface area contributed by atoms with Crippen molar-refractivity contribution in [2.45, 2.75) is 6.92 Å². The molecule has 0 saturated carbocycles. The van der Waals surface area contributed by atoms with Crippen molar-refractivity contribution in [3.8, 4) is 0 Å². The van der Waals surface area contributed by atoms with E-state index in [-0.39, 0.29) is 5.57 Å². The van der Waals surface area contributed by atoms with E-state index in [1.54, 1.807) is 0 Å². The van der Waals surface area contributed by atoms with E-state index in [0.29, 0.717) is 0 Å². The summed E-state index contributed by atoms with van der Waals surface area (Å²) in [5, 5.41) is 0. The van der Waals surface area contributed by atoms with Crippen molar-refractivity contribution < 1.29 is 23.8 Å². The molecule has 0 aliphatic heterocycles. The molecule has 0 N–H and O–H groups in total. The van der Waals surface area contributed by atoms with Crippen LogP contribution in [0.1, 0.15) is 6.92 Å². The quantitative estimate of drug-likeness (QED) is 0.287. The maximum atomic E-state index is 10.7. The van der Waals surface area contributed by atoms with Gasteiger partial charge < -0.3 is 14.2 Å². The molecular weight excluding hydrogens is 176 g/mol. The lowest BCUT2D eigenvalue weighted by molar-refractivity contribution is -0.148. The van der Waals surface area contributed by atoms with Gasteiger partial charge in [0.2, 0.25) is 6.79 Å². The Hall–Kier alpha value is -1.78. The highest BCUT2D eigenvalue weighted by molar-refractivity contribution is 5.86. The van der Waals surface area contributed by atoms with Crippen molar-refractivity contribution in [2.75, 3.05) is 6.79 Å². The van der Waals surface area contributed by atoms with Gasteiger partial charge in [0.25, 0.3) is 0 Å². The average Bonchev–Trinajstić information content (AvgIpc) is 2.04. The summed E-state index contributed by atoms with van der Waals surface area (Å²) in [7, 11) is 0. The SMILES string of the molecule is C=COC(=O)OCOC(=O)C(=C)C. The molecule has 0 spiro atoms. The zero-order valence-electron chi connectivity index (χ0n) is 7.24.